The van der Waals surface area contributed by atoms with Gasteiger partial charge in [-0.3, -0.25) is 4.79 Å². The fourth-order valence-electron chi connectivity index (χ4n) is 4.25. The number of hydrogen-bond acceptors (Lipinski definition) is 5. The molecule has 7 nitrogen and oxygen atoms in total. The van der Waals surface area contributed by atoms with Crippen LogP contribution < -0.4 is 20.1 Å². The van der Waals surface area contributed by atoms with E-state index in [1.807, 2.05) is 24.3 Å². The van der Waals surface area contributed by atoms with Gasteiger partial charge in [-0.1, -0.05) is 18.2 Å². The maximum absolute atomic E-state index is 13.7. The Morgan fingerprint density at radius 2 is 1.88 bits per heavy atom. The van der Waals surface area contributed by atoms with Gasteiger partial charge in [0.05, 0.1) is 13.4 Å². The van der Waals surface area contributed by atoms with E-state index in [4.69, 9.17) is 4.74 Å². The van der Waals surface area contributed by atoms with Crippen LogP contribution in [-0.2, 0) is 10.0 Å². The van der Waals surface area contributed by atoms with Crippen LogP contribution in [0, 0.1) is 5.82 Å². The van der Waals surface area contributed by atoms with Gasteiger partial charge in [-0.25, -0.2) is 17.5 Å². The van der Waals surface area contributed by atoms with Crippen molar-refractivity contribution in [2.45, 2.75) is 44.2 Å². The van der Waals surface area contributed by atoms with Gasteiger partial charge in [-0.05, 0) is 67.5 Å². The van der Waals surface area contributed by atoms with E-state index in [0.717, 1.165) is 31.1 Å². The van der Waals surface area contributed by atoms with Crippen LogP contribution in [-0.4, -0.2) is 46.8 Å². The Bertz CT molecular complexity index is 1060. The van der Waals surface area contributed by atoms with E-state index in [1.165, 1.54) is 18.7 Å². The van der Waals surface area contributed by atoms with Gasteiger partial charge in [0, 0.05) is 30.7 Å². The van der Waals surface area contributed by atoms with Crippen LogP contribution in [0.3, 0.4) is 0 Å². The van der Waals surface area contributed by atoms with E-state index in [9.17, 15) is 17.6 Å². The fraction of sp³-hybridized carbons (Fsp3) is 0.458. The molecule has 1 aliphatic rings. The highest BCUT2D eigenvalue weighted by molar-refractivity contribution is 7.88. The molecular formula is C24H32FN3O4S. The second-order valence-electron chi connectivity index (χ2n) is 8.53. The molecule has 1 fully saturated rings. The minimum Gasteiger partial charge on any atom is -0.494 e. The van der Waals surface area contributed by atoms with Crippen LogP contribution in [0.4, 0.5) is 4.39 Å². The molecule has 0 aliphatic heterocycles. The molecule has 0 saturated heterocycles. The van der Waals surface area contributed by atoms with Gasteiger partial charge >= 0.3 is 0 Å². The minimum atomic E-state index is -3.26. The Morgan fingerprint density at radius 3 is 2.55 bits per heavy atom. The van der Waals surface area contributed by atoms with Crippen LogP contribution in [0.1, 0.15) is 59.6 Å². The zero-order valence-corrected chi connectivity index (χ0v) is 20.0. The summed E-state index contributed by atoms with van der Waals surface area (Å²) in [5, 5.41) is 6.35. The van der Waals surface area contributed by atoms with E-state index in [0.29, 0.717) is 17.5 Å². The number of hydrogen-bond donors (Lipinski definition) is 3. The topological polar surface area (TPSA) is 96.5 Å². The first kappa shape index (κ1) is 25.1. The van der Waals surface area contributed by atoms with Crippen molar-refractivity contribution in [1.29, 1.82) is 0 Å². The Kier molecular flexibility index (Phi) is 8.45. The predicted octanol–water partition coefficient (Wildman–Crippen LogP) is 3.10. The normalized spacial score (nSPS) is 19.3. The summed E-state index contributed by atoms with van der Waals surface area (Å²) in [6, 6.07) is 13.0. The maximum atomic E-state index is 13.7. The first-order chi connectivity index (χ1) is 15.7. The molecule has 3 rings (SSSR count). The second kappa shape index (κ2) is 11.1. The van der Waals surface area contributed by atoms with Crippen molar-refractivity contribution in [1.82, 2.24) is 15.4 Å². The zero-order valence-electron chi connectivity index (χ0n) is 19.2. The molecule has 0 radical (unpaired) electrons. The van der Waals surface area contributed by atoms with Crippen molar-refractivity contribution in [3.63, 3.8) is 0 Å². The van der Waals surface area contributed by atoms with Gasteiger partial charge in [-0.15, -0.1) is 0 Å². The van der Waals surface area contributed by atoms with Gasteiger partial charge < -0.3 is 15.4 Å². The number of sulfonamides is 1. The molecule has 1 unspecified atom stereocenters. The molecule has 0 bridgehead atoms. The van der Waals surface area contributed by atoms with Crippen molar-refractivity contribution < 1.29 is 22.3 Å². The van der Waals surface area contributed by atoms with Crippen molar-refractivity contribution in [3.05, 3.63) is 65.0 Å². The van der Waals surface area contributed by atoms with Crippen molar-refractivity contribution >= 4 is 15.9 Å². The number of halogens is 1. The van der Waals surface area contributed by atoms with E-state index in [1.54, 1.807) is 12.1 Å². The molecule has 33 heavy (non-hydrogen) atoms. The molecule has 0 spiro atoms. The zero-order chi connectivity index (χ0) is 24.0. The molecule has 2 aromatic carbocycles. The third kappa shape index (κ3) is 7.25. The number of benzene rings is 2. The Balaban J connectivity index is 1.50. The average molecular weight is 478 g/mol. The summed E-state index contributed by atoms with van der Waals surface area (Å²) < 4.78 is 43.2. The summed E-state index contributed by atoms with van der Waals surface area (Å²) in [5.74, 6) is 0.0678. The van der Waals surface area contributed by atoms with Crippen LogP contribution >= 0.6 is 0 Å². The lowest BCUT2D eigenvalue weighted by Crippen LogP contribution is -2.34. The highest BCUT2D eigenvalue weighted by Gasteiger charge is 2.27. The standard InChI is InChI=1S/C24H32FN3O4S/c1-16(19-9-11-22(25)23(15-19)32-2)28-21-10-8-20(14-21)17-4-6-18(7-5-17)24(29)26-12-13-27-33(3,30)31/h4-7,9,11,15-16,20-21,27-28H,8,10,12-14H2,1-3H3,(H,26,29)/t16-,20+,21?/m1/s1. The van der Waals surface area contributed by atoms with Gasteiger partial charge in [0.25, 0.3) is 5.91 Å². The summed E-state index contributed by atoms with van der Waals surface area (Å²) >= 11 is 0. The molecule has 3 N–H and O–H groups in total. The monoisotopic (exact) mass is 477 g/mol. The summed E-state index contributed by atoms with van der Waals surface area (Å²) in [5.41, 5.74) is 2.73. The maximum Gasteiger partial charge on any atom is 0.251 e. The summed E-state index contributed by atoms with van der Waals surface area (Å²) in [6.07, 6.45) is 4.17. The molecule has 9 heteroatoms. The first-order valence-electron chi connectivity index (χ1n) is 11.1. The van der Waals surface area contributed by atoms with E-state index < -0.39 is 10.0 Å². The van der Waals surface area contributed by atoms with Gasteiger partial charge in [0.2, 0.25) is 10.0 Å². The number of carbonyl (C=O) groups is 1. The molecule has 1 aliphatic carbocycles. The molecule has 3 atom stereocenters. The number of nitrogens with one attached hydrogen (secondary N) is 3. The highest BCUT2D eigenvalue weighted by atomic mass is 32.2. The van der Waals surface area contributed by atoms with Crippen molar-refractivity contribution in [2.75, 3.05) is 26.5 Å². The van der Waals surface area contributed by atoms with Crippen LogP contribution in [0.25, 0.3) is 0 Å². The highest BCUT2D eigenvalue weighted by Crippen LogP contribution is 2.35. The number of methoxy groups -OCH3 is 1. The minimum absolute atomic E-state index is 0.0755. The van der Waals surface area contributed by atoms with Crippen LogP contribution in [0.2, 0.25) is 0 Å². The van der Waals surface area contributed by atoms with Crippen LogP contribution in [0.5, 0.6) is 5.75 Å². The van der Waals surface area contributed by atoms with E-state index in [-0.39, 0.29) is 36.6 Å². The fourth-order valence-corrected chi connectivity index (χ4v) is 4.73. The summed E-state index contributed by atoms with van der Waals surface area (Å²) in [4.78, 5) is 12.2. The predicted molar refractivity (Wildman–Crippen MR) is 127 cm³/mol. The molecule has 2 aromatic rings. The third-order valence-electron chi connectivity index (χ3n) is 6.01. The summed E-state index contributed by atoms with van der Waals surface area (Å²) in [6.45, 7) is 2.45. The quantitative estimate of drug-likeness (QED) is 0.457. The molecular weight excluding hydrogens is 445 g/mol. The smallest absolute Gasteiger partial charge is 0.251 e. The molecule has 180 valence electrons. The third-order valence-corrected chi connectivity index (χ3v) is 6.74. The number of carbonyl (C=O) groups excluding carboxylic acids is 1. The molecule has 1 saturated carbocycles. The van der Waals surface area contributed by atoms with Crippen LogP contribution in [0.15, 0.2) is 42.5 Å². The van der Waals surface area contributed by atoms with Gasteiger partial charge in [-0.2, -0.15) is 0 Å². The molecule has 1 amide bonds. The van der Waals surface area contributed by atoms with E-state index in [2.05, 4.69) is 22.3 Å². The van der Waals surface area contributed by atoms with Gasteiger partial charge in [0.15, 0.2) is 11.6 Å². The van der Waals surface area contributed by atoms with Crippen molar-refractivity contribution in [3.8, 4) is 5.75 Å². The van der Waals surface area contributed by atoms with Crippen molar-refractivity contribution in [2.24, 2.45) is 0 Å². The Hall–Kier alpha value is -2.49. The average Bonchev–Trinajstić information content (AvgIpc) is 3.24. The Labute approximate surface area is 195 Å². The SMILES string of the molecule is COc1cc([C@@H](C)NC2CC[C@H](c3ccc(C(=O)NCCNS(C)(=O)=O)cc3)C2)ccc1F. The molecule has 0 heterocycles. The molecule has 0 aromatic heterocycles. The van der Waals surface area contributed by atoms with Gasteiger partial charge in [0.1, 0.15) is 0 Å². The first-order valence-corrected chi connectivity index (χ1v) is 13.0. The summed E-state index contributed by atoms with van der Waals surface area (Å²) in [7, 11) is -1.80. The second-order valence-corrected chi connectivity index (χ2v) is 10.4. The number of amides is 1. The number of rotatable bonds is 10. The lowest BCUT2D eigenvalue weighted by atomic mass is 9.96. The van der Waals surface area contributed by atoms with E-state index >= 15 is 0 Å². The Morgan fingerprint density at radius 1 is 1.15 bits per heavy atom. The lowest BCUT2D eigenvalue weighted by molar-refractivity contribution is 0.0954. The largest absolute Gasteiger partial charge is 0.494 e. The lowest BCUT2D eigenvalue weighted by Gasteiger charge is -2.21. The number of ether oxygens (including phenoxy) is 1.